The Hall–Kier alpha value is -1.17. The summed E-state index contributed by atoms with van der Waals surface area (Å²) in [5, 5.41) is 0. The van der Waals surface area contributed by atoms with Crippen molar-refractivity contribution in [1.82, 2.24) is 9.88 Å². The van der Waals surface area contributed by atoms with Crippen molar-refractivity contribution in [3.63, 3.8) is 0 Å². The third kappa shape index (κ3) is 2.06. The summed E-state index contributed by atoms with van der Waals surface area (Å²) in [5.74, 6) is 1.59. The van der Waals surface area contributed by atoms with Crippen LogP contribution in [0.2, 0.25) is 0 Å². The van der Waals surface area contributed by atoms with Crippen LogP contribution < -0.4 is 10.6 Å². The molecule has 2 N–H and O–H groups in total. The first-order valence-corrected chi connectivity index (χ1v) is 7.93. The predicted molar refractivity (Wildman–Crippen MR) is 82.0 cm³/mol. The smallest absolute Gasteiger partial charge is 0.186 e. The average Bonchev–Trinajstić information content (AvgIpc) is 2.79. The zero-order valence-electron chi connectivity index (χ0n) is 12.9. The number of hydrogen-bond donors (Lipinski definition) is 1. The standard InChI is InChI=1S/C16H24N4O/c1-11-7-14(18-8-12(11)2)20-10-16(21-15(20)17)9-19-5-3-13(16)4-6-19/h7-8,13,15H,3-6,9-10,17H2,1-2H3. The van der Waals surface area contributed by atoms with Gasteiger partial charge in [-0.05, 0) is 62.9 Å². The quantitative estimate of drug-likeness (QED) is 0.842. The Kier molecular flexibility index (Phi) is 3.00. The molecule has 1 aromatic heterocycles. The number of piperidine rings is 3. The Bertz CT molecular complexity index is 555. The van der Waals surface area contributed by atoms with Gasteiger partial charge in [0.25, 0.3) is 0 Å². The molecule has 4 saturated heterocycles. The van der Waals surface area contributed by atoms with Gasteiger partial charge in [-0.3, -0.25) is 5.73 Å². The summed E-state index contributed by atoms with van der Waals surface area (Å²) in [6, 6.07) is 2.12. The van der Waals surface area contributed by atoms with E-state index in [-0.39, 0.29) is 12.0 Å². The Balaban J connectivity index is 1.62. The second-order valence-electron chi connectivity index (χ2n) is 6.88. The lowest BCUT2D eigenvalue weighted by Crippen LogP contribution is -2.61. The van der Waals surface area contributed by atoms with Gasteiger partial charge in [0.2, 0.25) is 0 Å². The summed E-state index contributed by atoms with van der Waals surface area (Å²) in [5.41, 5.74) is 8.66. The van der Waals surface area contributed by atoms with Crippen molar-refractivity contribution in [3.05, 3.63) is 23.4 Å². The lowest BCUT2D eigenvalue weighted by molar-refractivity contribution is -0.137. The first kappa shape index (κ1) is 13.5. The number of nitrogens with two attached hydrogens (primary N) is 1. The number of anilines is 1. The zero-order chi connectivity index (χ0) is 14.6. The zero-order valence-corrected chi connectivity index (χ0v) is 12.9. The molecule has 5 rings (SSSR count). The fourth-order valence-corrected chi connectivity index (χ4v) is 4.14. The van der Waals surface area contributed by atoms with Crippen molar-refractivity contribution < 1.29 is 4.74 Å². The molecule has 5 nitrogen and oxygen atoms in total. The van der Waals surface area contributed by atoms with Crippen molar-refractivity contribution in [3.8, 4) is 0 Å². The topological polar surface area (TPSA) is 54.6 Å². The van der Waals surface area contributed by atoms with Crippen LogP contribution >= 0.6 is 0 Å². The van der Waals surface area contributed by atoms with Gasteiger partial charge >= 0.3 is 0 Å². The molecule has 0 radical (unpaired) electrons. The van der Waals surface area contributed by atoms with E-state index in [1.165, 1.54) is 37.1 Å². The molecule has 1 spiro atoms. The molecule has 1 aromatic rings. The van der Waals surface area contributed by atoms with Gasteiger partial charge < -0.3 is 14.5 Å². The number of aromatic nitrogens is 1. The minimum Gasteiger partial charge on any atom is -0.335 e. The Labute approximate surface area is 126 Å². The maximum absolute atomic E-state index is 6.28. The molecule has 4 aliphatic rings. The van der Waals surface area contributed by atoms with Gasteiger partial charge in [-0.2, -0.15) is 0 Å². The summed E-state index contributed by atoms with van der Waals surface area (Å²) in [7, 11) is 0. The number of pyridine rings is 1. The monoisotopic (exact) mass is 288 g/mol. The van der Waals surface area contributed by atoms with E-state index >= 15 is 0 Å². The number of ether oxygens (including phenoxy) is 1. The maximum Gasteiger partial charge on any atom is 0.186 e. The van der Waals surface area contributed by atoms with Crippen molar-refractivity contribution in [1.29, 1.82) is 0 Å². The molecule has 5 heteroatoms. The molecule has 0 aromatic carbocycles. The molecule has 4 aliphatic heterocycles. The number of aryl methyl sites for hydroxylation is 2. The SMILES string of the molecule is Cc1cnc(N2CC3(CN4CCC3CC4)OC2N)cc1C. The maximum atomic E-state index is 6.28. The Morgan fingerprint density at radius 2 is 2.00 bits per heavy atom. The molecular formula is C16H24N4O. The first-order chi connectivity index (χ1) is 10.1. The fourth-order valence-electron chi connectivity index (χ4n) is 4.14. The van der Waals surface area contributed by atoms with Gasteiger partial charge in [0, 0.05) is 12.7 Å². The molecule has 2 unspecified atom stereocenters. The molecule has 0 amide bonds. The van der Waals surface area contributed by atoms with Crippen LogP contribution in [0.15, 0.2) is 12.3 Å². The molecule has 2 atom stereocenters. The molecule has 5 heterocycles. The van der Waals surface area contributed by atoms with Crippen molar-refractivity contribution >= 4 is 5.82 Å². The highest BCUT2D eigenvalue weighted by molar-refractivity contribution is 5.45. The summed E-state index contributed by atoms with van der Waals surface area (Å²) >= 11 is 0. The minimum absolute atomic E-state index is 0.0869. The van der Waals surface area contributed by atoms with Crippen LogP contribution in [0.3, 0.4) is 0 Å². The van der Waals surface area contributed by atoms with Gasteiger partial charge in [0.15, 0.2) is 6.35 Å². The number of hydrogen-bond acceptors (Lipinski definition) is 5. The van der Waals surface area contributed by atoms with E-state index in [0.29, 0.717) is 5.92 Å². The van der Waals surface area contributed by atoms with Gasteiger partial charge in [-0.25, -0.2) is 4.98 Å². The van der Waals surface area contributed by atoms with E-state index < -0.39 is 0 Å². The number of rotatable bonds is 1. The second-order valence-corrected chi connectivity index (χ2v) is 6.88. The first-order valence-electron chi connectivity index (χ1n) is 7.93. The van der Waals surface area contributed by atoms with Gasteiger partial charge in [-0.1, -0.05) is 0 Å². The lowest BCUT2D eigenvalue weighted by Gasteiger charge is -2.50. The van der Waals surface area contributed by atoms with Crippen LogP contribution in [0.1, 0.15) is 24.0 Å². The van der Waals surface area contributed by atoms with Gasteiger partial charge in [-0.15, -0.1) is 0 Å². The van der Waals surface area contributed by atoms with Crippen LogP contribution in [-0.4, -0.2) is 48.0 Å². The molecule has 2 bridgehead atoms. The lowest BCUT2D eigenvalue weighted by atomic mass is 9.75. The van der Waals surface area contributed by atoms with E-state index in [4.69, 9.17) is 10.5 Å². The third-order valence-corrected chi connectivity index (χ3v) is 5.58. The Morgan fingerprint density at radius 3 is 2.62 bits per heavy atom. The van der Waals surface area contributed by atoms with E-state index in [1.54, 1.807) is 0 Å². The summed E-state index contributed by atoms with van der Waals surface area (Å²) in [6.45, 7) is 8.52. The molecule has 4 fully saturated rings. The third-order valence-electron chi connectivity index (χ3n) is 5.58. The normalized spacial score (nSPS) is 38.4. The molecule has 0 saturated carbocycles. The van der Waals surface area contributed by atoms with E-state index in [0.717, 1.165) is 18.9 Å². The van der Waals surface area contributed by atoms with Crippen LogP contribution in [0.4, 0.5) is 5.82 Å². The Morgan fingerprint density at radius 1 is 1.24 bits per heavy atom. The van der Waals surface area contributed by atoms with Crippen LogP contribution in [0, 0.1) is 19.8 Å². The molecule has 114 valence electrons. The van der Waals surface area contributed by atoms with Crippen LogP contribution in [-0.2, 0) is 4.74 Å². The van der Waals surface area contributed by atoms with E-state index in [9.17, 15) is 0 Å². The van der Waals surface area contributed by atoms with Crippen molar-refractivity contribution in [2.24, 2.45) is 11.7 Å². The highest BCUT2D eigenvalue weighted by Crippen LogP contribution is 2.43. The predicted octanol–water partition coefficient (Wildman–Crippen LogP) is 1.24. The second kappa shape index (κ2) is 4.66. The minimum atomic E-state index is -0.375. The van der Waals surface area contributed by atoms with E-state index in [1.807, 2.05) is 6.20 Å². The van der Waals surface area contributed by atoms with Gasteiger partial charge in [0.1, 0.15) is 11.4 Å². The number of fused-ring (bicyclic) bond motifs is 2. The largest absolute Gasteiger partial charge is 0.335 e. The van der Waals surface area contributed by atoms with Crippen molar-refractivity contribution in [2.45, 2.75) is 38.6 Å². The fraction of sp³-hybridized carbons (Fsp3) is 0.688. The van der Waals surface area contributed by atoms with Crippen molar-refractivity contribution in [2.75, 3.05) is 31.1 Å². The molecule has 21 heavy (non-hydrogen) atoms. The molecule has 0 aliphatic carbocycles. The highest BCUT2D eigenvalue weighted by Gasteiger charge is 2.54. The highest BCUT2D eigenvalue weighted by atomic mass is 16.6. The average molecular weight is 288 g/mol. The summed E-state index contributed by atoms with van der Waals surface area (Å²) in [6.07, 6.45) is 4.03. The van der Waals surface area contributed by atoms with Crippen LogP contribution in [0.25, 0.3) is 0 Å². The number of nitrogens with zero attached hydrogens (tertiary/aromatic N) is 3. The summed E-state index contributed by atoms with van der Waals surface area (Å²) in [4.78, 5) is 9.22. The van der Waals surface area contributed by atoms with Crippen LogP contribution in [0.5, 0.6) is 0 Å². The molecular weight excluding hydrogens is 264 g/mol. The van der Waals surface area contributed by atoms with E-state index in [2.05, 4.69) is 34.7 Å². The van der Waals surface area contributed by atoms with Gasteiger partial charge in [0.05, 0.1) is 6.54 Å². The summed E-state index contributed by atoms with van der Waals surface area (Å²) < 4.78 is 6.28.